The molecule has 1 fully saturated rings. The molecule has 0 bridgehead atoms. The van der Waals surface area contributed by atoms with E-state index < -0.39 is 16.1 Å². The first-order valence-corrected chi connectivity index (χ1v) is 7.51. The van der Waals surface area contributed by atoms with Gasteiger partial charge in [0.15, 0.2) is 0 Å². The zero-order valence-electron chi connectivity index (χ0n) is 11.8. The molecule has 20 heavy (non-hydrogen) atoms. The molecule has 0 aromatic rings. The molecule has 0 saturated carbocycles. The van der Waals surface area contributed by atoms with Gasteiger partial charge < -0.3 is 17.0 Å². The second-order valence-electron chi connectivity index (χ2n) is 4.23. The van der Waals surface area contributed by atoms with Crippen LogP contribution in [-0.4, -0.2) is 50.3 Å². The summed E-state index contributed by atoms with van der Waals surface area (Å²) in [5.74, 6) is -0.209. The number of rotatable bonds is 4. The first kappa shape index (κ1) is 25.7. The zero-order valence-corrected chi connectivity index (χ0v) is 16.8. The third-order valence-electron chi connectivity index (χ3n) is 2.75. The van der Waals surface area contributed by atoms with Crippen LogP contribution in [0.15, 0.2) is 0 Å². The molecule has 0 aromatic heterocycles. The van der Waals surface area contributed by atoms with Gasteiger partial charge in [-0.3, -0.25) is 11.6 Å². The van der Waals surface area contributed by atoms with Gasteiger partial charge in [-0.15, -0.1) is 0 Å². The van der Waals surface area contributed by atoms with Crippen LogP contribution in [0.4, 0.5) is 0 Å². The first-order chi connectivity index (χ1) is 8.36. The zero-order chi connectivity index (χ0) is 14.3. The number of hydrogen-bond donors (Lipinski definition) is 1. The Hall–Kier alpha value is 0.738. The van der Waals surface area contributed by atoms with Crippen molar-refractivity contribution in [2.75, 3.05) is 12.8 Å². The Kier molecular flexibility index (Phi) is 15.8. The molecule has 1 aliphatic rings. The van der Waals surface area contributed by atoms with Gasteiger partial charge in [0.2, 0.25) is 15.9 Å². The molecule has 114 valence electrons. The molecule has 9 heteroatoms. The number of amides is 1. The Bertz CT molecular complexity index is 381. The van der Waals surface area contributed by atoms with Crippen LogP contribution in [0.3, 0.4) is 0 Å². The normalized spacial score (nSPS) is 19.6. The van der Waals surface area contributed by atoms with Gasteiger partial charge in [0.05, 0.1) is 6.26 Å². The summed E-state index contributed by atoms with van der Waals surface area (Å²) in [5, 5.41) is 2.77. The fourth-order valence-electron chi connectivity index (χ4n) is 1.81. The minimum Gasteiger partial charge on any atom is -0.545 e. The maximum atomic E-state index is 11.8. The van der Waals surface area contributed by atoms with Gasteiger partial charge in [0.25, 0.3) is 0 Å². The smallest absolute Gasteiger partial charge is 0.238 e. The fraction of sp³-hybridized carbons (Fsp3) is 0.727. The number of hydrogen-bond acceptors (Lipinski definition) is 4. The summed E-state index contributed by atoms with van der Waals surface area (Å²) in [6, 6.07) is -0.557. The van der Waals surface area contributed by atoms with E-state index in [-0.39, 0.29) is 63.2 Å². The predicted octanol–water partition coefficient (Wildman–Crippen LogP) is -0.140. The van der Waals surface area contributed by atoms with Gasteiger partial charge in [0, 0.05) is 57.8 Å². The van der Waals surface area contributed by atoms with Gasteiger partial charge >= 0.3 is 0 Å². The van der Waals surface area contributed by atoms with Crippen molar-refractivity contribution in [2.24, 2.45) is 0 Å². The van der Waals surface area contributed by atoms with Crippen LogP contribution < -0.4 is 5.32 Å². The molecule has 1 heterocycles. The van der Waals surface area contributed by atoms with E-state index in [2.05, 4.69) is 19.0 Å². The van der Waals surface area contributed by atoms with Crippen molar-refractivity contribution in [1.29, 1.82) is 0 Å². The van der Waals surface area contributed by atoms with Crippen molar-refractivity contribution in [3.05, 3.63) is 6.92 Å². The Balaban J connectivity index is -0.000000689. The number of sulfonamides is 1. The molecule has 1 aliphatic heterocycles. The Morgan fingerprint density at radius 3 is 2.40 bits per heavy atom. The molecule has 0 spiro atoms. The molecule has 0 aliphatic carbocycles. The van der Waals surface area contributed by atoms with Crippen LogP contribution in [0.1, 0.15) is 26.2 Å². The van der Waals surface area contributed by atoms with Crippen molar-refractivity contribution < 1.29 is 69.3 Å². The summed E-state index contributed by atoms with van der Waals surface area (Å²) in [6.07, 6.45) is 3.08. The van der Waals surface area contributed by atoms with Crippen LogP contribution in [-0.2, 0) is 70.9 Å². The molecule has 0 unspecified atom stereocenters. The summed E-state index contributed by atoms with van der Waals surface area (Å²) in [4.78, 5) is 19.6. The quantitative estimate of drug-likeness (QED) is 0.511. The van der Waals surface area contributed by atoms with E-state index in [0.717, 1.165) is 12.7 Å². The van der Waals surface area contributed by atoms with Gasteiger partial charge in [-0.25, -0.2) is 8.42 Å². The number of nitrogens with zero attached hydrogens (tertiary/aromatic N) is 1. The van der Waals surface area contributed by atoms with Crippen molar-refractivity contribution in [2.45, 2.75) is 38.3 Å². The van der Waals surface area contributed by atoms with E-state index in [9.17, 15) is 13.2 Å². The van der Waals surface area contributed by atoms with Crippen molar-refractivity contribution in [3.63, 3.8) is 0 Å². The number of nitrogens with one attached hydrogen (secondary N) is 1. The molecule has 1 rings (SSSR count). The monoisotopic (exact) mass is 416 g/mol. The summed E-state index contributed by atoms with van der Waals surface area (Å²) >= 11 is 0. The van der Waals surface area contributed by atoms with E-state index in [1.54, 1.807) is 0 Å². The standard InChI is InChI=1S/C10H19N2O3S.CHO.V.Y/c1-4-8(2)11-10(13)9-6-5-7-12(9)16(3,14)15;1-2;;/h8-9H,1,4-7H2,2-3H3,(H,11,13);1H;;/q2*-1;;/t8-,9+;;;/m1.../s1. The maximum Gasteiger partial charge on any atom is 0.238 e. The average molecular weight is 416 g/mol. The molecular weight excluding hydrogens is 396 g/mol. The van der Waals surface area contributed by atoms with Crippen molar-refractivity contribution in [3.8, 4) is 0 Å². The second kappa shape index (κ2) is 12.3. The van der Waals surface area contributed by atoms with Gasteiger partial charge in [-0.2, -0.15) is 10.7 Å². The van der Waals surface area contributed by atoms with Gasteiger partial charge in [-0.05, 0) is 25.8 Å². The van der Waals surface area contributed by atoms with Crippen LogP contribution in [0.5, 0.6) is 0 Å². The Morgan fingerprint density at radius 2 is 2.00 bits per heavy atom. The maximum absolute atomic E-state index is 11.8. The predicted molar refractivity (Wildman–Crippen MR) is 68.9 cm³/mol. The SMILES string of the molecule is [CH-]=O.[CH2-]C[C@@H](C)NC(=O)[C@@H]1CCCN1S(C)(=O)=O.[V].[Y]. The molecule has 1 saturated heterocycles. The topological polar surface area (TPSA) is 83.6 Å². The number of carbonyl (C=O) groups is 1. The van der Waals surface area contributed by atoms with Crippen LogP contribution in [0.2, 0.25) is 0 Å². The minimum absolute atomic E-state index is 0. The van der Waals surface area contributed by atoms with E-state index in [1.807, 2.05) is 6.92 Å². The molecule has 0 aromatic carbocycles. The summed E-state index contributed by atoms with van der Waals surface area (Å²) < 4.78 is 24.2. The largest absolute Gasteiger partial charge is 0.545 e. The third-order valence-corrected chi connectivity index (χ3v) is 4.04. The van der Waals surface area contributed by atoms with Crippen molar-refractivity contribution >= 4 is 22.7 Å². The van der Waals surface area contributed by atoms with Crippen LogP contribution in [0.25, 0.3) is 0 Å². The van der Waals surface area contributed by atoms with E-state index >= 15 is 0 Å². The second-order valence-corrected chi connectivity index (χ2v) is 6.17. The average Bonchev–Trinajstić information content (AvgIpc) is 2.80. The molecule has 2 radical (unpaired) electrons. The van der Waals surface area contributed by atoms with Crippen LogP contribution in [0, 0.1) is 6.92 Å². The summed E-state index contributed by atoms with van der Waals surface area (Å²) in [5.41, 5.74) is 0. The minimum atomic E-state index is -3.28. The van der Waals surface area contributed by atoms with E-state index in [0.29, 0.717) is 19.4 Å². The molecule has 1 N–H and O–H groups in total. The third kappa shape index (κ3) is 8.25. The first-order valence-electron chi connectivity index (χ1n) is 5.66. The summed E-state index contributed by atoms with van der Waals surface area (Å²) in [7, 11) is -3.28. The molecule has 6 nitrogen and oxygen atoms in total. The summed E-state index contributed by atoms with van der Waals surface area (Å²) in [6.45, 7) is 9.23. The Morgan fingerprint density at radius 1 is 1.50 bits per heavy atom. The molecule has 2 atom stereocenters. The molecular formula is C11H20N2O4SVY-2. The number of carbonyl (C=O) groups excluding carboxylic acids is 2. The van der Waals surface area contributed by atoms with Crippen molar-refractivity contribution in [1.82, 2.24) is 9.62 Å². The van der Waals surface area contributed by atoms with Crippen LogP contribution >= 0.6 is 0 Å². The van der Waals surface area contributed by atoms with Gasteiger partial charge in [-0.1, -0.05) is 0 Å². The van der Waals surface area contributed by atoms with E-state index in [1.165, 1.54) is 4.31 Å². The van der Waals surface area contributed by atoms with E-state index in [4.69, 9.17) is 4.79 Å². The Labute approximate surface area is 158 Å². The molecule has 1 amide bonds. The van der Waals surface area contributed by atoms with Gasteiger partial charge in [0.1, 0.15) is 6.04 Å². The fourth-order valence-corrected chi connectivity index (χ4v) is 2.93.